The highest BCUT2D eigenvalue weighted by Crippen LogP contribution is 2.40. The van der Waals surface area contributed by atoms with Gasteiger partial charge in [-0.2, -0.15) is 0 Å². The normalized spacial score (nSPS) is 14.3. The molecule has 1 aliphatic rings. The second-order valence-electron chi connectivity index (χ2n) is 6.97. The zero-order chi connectivity index (χ0) is 24.8. The van der Waals surface area contributed by atoms with Crippen molar-refractivity contribution < 1.29 is 33.7 Å². The van der Waals surface area contributed by atoms with Crippen molar-refractivity contribution in [3.8, 4) is 17.2 Å². The Morgan fingerprint density at radius 1 is 1.09 bits per heavy atom. The van der Waals surface area contributed by atoms with Crippen molar-refractivity contribution >= 4 is 57.8 Å². The van der Waals surface area contributed by atoms with Gasteiger partial charge in [-0.15, -0.1) is 0 Å². The number of nitrogens with one attached hydrogen (secondary N) is 1. The first-order chi connectivity index (χ1) is 16.3. The summed E-state index contributed by atoms with van der Waals surface area (Å²) in [5, 5.41) is 11.6. The summed E-state index contributed by atoms with van der Waals surface area (Å²) in [6.07, 6.45) is 1.69. The molecular weight excluding hydrogens is 480 g/mol. The molecule has 0 spiro atoms. The third kappa shape index (κ3) is 5.67. The van der Waals surface area contributed by atoms with Crippen LogP contribution >= 0.6 is 24.0 Å². The van der Waals surface area contributed by atoms with E-state index in [1.54, 1.807) is 18.2 Å². The SMILES string of the molecule is COc1cc(C=C2SC(=S)N(CCC(=O)Nc3ccc(C(=O)O)cc3)C2=O)cc(OC)c1OC. The topological polar surface area (TPSA) is 114 Å². The van der Waals surface area contributed by atoms with Crippen LogP contribution in [0, 0.1) is 0 Å². The number of rotatable bonds is 9. The number of anilines is 1. The number of nitrogens with zero attached hydrogens (tertiary/aromatic N) is 1. The van der Waals surface area contributed by atoms with Gasteiger partial charge in [-0.3, -0.25) is 14.5 Å². The number of hydrogen-bond donors (Lipinski definition) is 2. The van der Waals surface area contributed by atoms with E-state index >= 15 is 0 Å². The maximum atomic E-state index is 12.9. The Labute approximate surface area is 205 Å². The molecule has 34 heavy (non-hydrogen) atoms. The fraction of sp³-hybridized carbons (Fsp3) is 0.217. The van der Waals surface area contributed by atoms with Crippen LogP contribution in [0.3, 0.4) is 0 Å². The van der Waals surface area contributed by atoms with Crippen LogP contribution in [-0.4, -0.2) is 60.0 Å². The predicted molar refractivity (Wildman–Crippen MR) is 133 cm³/mol. The standard InChI is InChI=1S/C23H22N2O7S2/c1-30-16-10-13(11-17(31-2)20(16)32-3)12-18-21(27)25(23(33)34-18)9-8-19(26)24-15-6-4-14(5-7-15)22(28)29/h4-7,10-12H,8-9H2,1-3H3,(H,24,26)(H,28,29). The summed E-state index contributed by atoms with van der Waals surface area (Å²) in [5.41, 5.74) is 1.25. The molecule has 1 heterocycles. The monoisotopic (exact) mass is 502 g/mol. The number of carboxylic acids is 1. The van der Waals surface area contributed by atoms with Crippen LogP contribution in [-0.2, 0) is 9.59 Å². The molecule has 3 rings (SSSR count). The van der Waals surface area contributed by atoms with E-state index in [9.17, 15) is 14.4 Å². The number of carbonyl (C=O) groups is 3. The molecule has 0 aliphatic carbocycles. The zero-order valence-corrected chi connectivity index (χ0v) is 20.2. The molecule has 0 aromatic heterocycles. The third-order valence-electron chi connectivity index (χ3n) is 4.84. The molecule has 0 unspecified atom stereocenters. The molecule has 11 heteroatoms. The summed E-state index contributed by atoms with van der Waals surface area (Å²) in [6, 6.07) is 9.23. The lowest BCUT2D eigenvalue weighted by molar-refractivity contribution is -0.122. The second-order valence-corrected chi connectivity index (χ2v) is 8.65. The van der Waals surface area contributed by atoms with Crippen LogP contribution in [0.5, 0.6) is 17.2 Å². The van der Waals surface area contributed by atoms with Crippen molar-refractivity contribution in [1.29, 1.82) is 0 Å². The fourth-order valence-electron chi connectivity index (χ4n) is 3.16. The maximum absolute atomic E-state index is 12.9. The van der Waals surface area contributed by atoms with Crippen molar-refractivity contribution in [2.24, 2.45) is 0 Å². The number of aromatic carboxylic acids is 1. The minimum atomic E-state index is -1.05. The molecule has 1 saturated heterocycles. The molecule has 2 aromatic rings. The Hall–Kier alpha value is -3.57. The molecule has 1 fully saturated rings. The maximum Gasteiger partial charge on any atom is 0.335 e. The van der Waals surface area contributed by atoms with Crippen LogP contribution in [0.15, 0.2) is 41.3 Å². The van der Waals surface area contributed by atoms with Gasteiger partial charge in [-0.1, -0.05) is 24.0 Å². The van der Waals surface area contributed by atoms with E-state index in [1.807, 2.05) is 0 Å². The summed E-state index contributed by atoms with van der Waals surface area (Å²) < 4.78 is 16.4. The highest BCUT2D eigenvalue weighted by atomic mass is 32.2. The average molecular weight is 503 g/mol. The predicted octanol–water partition coefficient (Wildman–Crippen LogP) is 3.64. The zero-order valence-electron chi connectivity index (χ0n) is 18.6. The van der Waals surface area contributed by atoms with Crippen molar-refractivity contribution in [1.82, 2.24) is 4.90 Å². The van der Waals surface area contributed by atoms with E-state index in [1.165, 1.54) is 50.5 Å². The number of thiocarbonyl (C=S) groups is 1. The first-order valence-electron chi connectivity index (χ1n) is 9.96. The lowest BCUT2D eigenvalue weighted by Gasteiger charge is -2.14. The summed E-state index contributed by atoms with van der Waals surface area (Å²) in [5.74, 6) is -0.327. The molecule has 0 bridgehead atoms. The van der Waals surface area contributed by atoms with Crippen molar-refractivity contribution in [2.75, 3.05) is 33.2 Å². The minimum absolute atomic E-state index is 0.0184. The number of benzene rings is 2. The second kappa shape index (κ2) is 11.0. The Balaban J connectivity index is 1.67. The van der Waals surface area contributed by atoms with Crippen molar-refractivity contribution in [2.45, 2.75) is 6.42 Å². The number of amides is 2. The molecule has 2 amide bonds. The van der Waals surface area contributed by atoms with Crippen LogP contribution < -0.4 is 19.5 Å². The summed E-state index contributed by atoms with van der Waals surface area (Å²) in [7, 11) is 4.52. The molecule has 0 saturated carbocycles. The van der Waals surface area contributed by atoms with E-state index in [0.717, 1.165) is 11.8 Å². The fourth-order valence-corrected chi connectivity index (χ4v) is 4.47. The quantitative estimate of drug-likeness (QED) is 0.392. The minimum Gasteiger partial charge on any atom is -0.493 e. The first kappa shape index (κ1) is 25.1. The smallest absolute Gasteiger partial charge is 0.335 e. The molecule has 2 aromatic carbocycles. The highest BCUT2D eigenvalue weighted by Gasteiger charge is 2.32. The van der Waals surface area contributed by atoms with Gasteiger partial charge in [0.15, 0.2) is 11.5 Å². The summed E-state index contributed by atoms with van der Waals surface area (Å²) in [6.45, 7) is 0.107. The average Bonchev–Trinajstić information content (AvgIpc) is 3.09. The Morgan fingerprint density at radius 3 is 2.24 bits per heavy atom. The molecule has 9 nitrogen and oxygen atoms in total. The number of ether oxygens (including phenoxy) is 3. The lowest BCUT2D eigenvalue weighted by Crippen LogP contribution is -2.31. The van der Waals surface area contributed by atoms with Gasteiger partial charge in [-0.05, 0) is 48.0 Å². The van der Waals surface area contributed by atoms with Crippen LogP contribution in [0.2, 0.25) is 0 Å². The van der Waals surface area contributed by atoms with E-state index in [-0.39, 0.29) is 30.3 Å². The van der Waals surface area contributed by atoms with Gasteiger partial charge in [0.05, 0.1) is 31.8 Å². The van der Waals surface area contributed by atoms with Gasteiger partial charge >= 0.3 is 5.97 Å². The van der Waals surface area contributed by atoms with E-state index < -0.39 is 5.97 Å². The molecule has 2 N–H and O–H groups in total. The summed E-state index contributed by atoms with van der Waals surface area (Å²) in [4.78, 5) is 37.9. The van der Waals surface area contributed by atoms with Gasteiger partial charge in [0.2, 0.25) is 11.7 Å². The van der Waals surface area contributed by atoms with Gasteiger partial charge < -0.3 is 24.6 Å². The van der Waals surface area contributed by atoms with Gasteiger partial charge in [0, 0.05) is 18.7 Å². The molecule has 178 valence electrons. The molecule has 0 radical (unpaired) electrons. The van der Waals surface area contributed by atoms with Crippen LogP contribution in [0.4, 0.5) is 5.69 Å². The van der Waals surface area contributed by atoms with Crippen LogP contribution in [0.1, 0.15) is 22.3 Å². The van der Waals surface area contributed by atoms with E-state index in [2.05, 4.69) is 5.32 Å². The molecular formula is C23H22N2O7S2. The van der Waals surface area contributed by atoms with Crippen molar-refractivity contribution in [3.63, 3.8) is 0 Å². The lowest BCUT2D eigenvalue weighted by atomic mass is 10.1. The summed E-state index contributed by atoms with van der Waals surface area (Å²) >= 11 is 6.48. The largest absolute Gasteiger partial charge is 0.493 e. The van der Waals surface area contributed by atoms with Crippen molar-refractivity contribution in [3.05, 3.63) is 52.4 Å². The molecule has 0 atom stereocenters. The number of methoxy groups -OCH3 is 3. The van der Waals surface area contributed by atoms with Gasteiger partial charge in [0.1, 0.15) is 4.32 Å². The highest BCUT2D eigenvalue weighted by molar-refractivity contribution is 8.26. The first-order valence-corrected chi connectivity index (χ1v) is 11.2. The van der Waals surface area contributed by atoms with Gasteiger partial charge in [0.25, 0.3) is 5.91 Å². The third-order valence-corrected chi connectivity index (χ3v) is 6.21. The van der Waals surface area contributed by atoms with Crippen LogP contribution in [0.25, 0.3) is 6.08 Å². The number of hydrogen-bond acceptors (Lipinski definition) is 8. The van der Waals surface area contributed by atoms with E-state index in [0.29, 0.717) is 37.7 Å². The number of carboxylic acid groups (broad SMARTS) is 1. The number of thioether (sulfide) groups is 1. The van der Waals surface area contributed by atoms with E-state index in [4.69, 9.17) is 31.5 Å². The van der Waals surface area contributed by atoms with Gasteiger partial charge in [-0.25, -0.2) is 4.79 Å². The molecule has 1 aliphatic heterocycles. The Kier molecular flexibility index (Phi) is 8.13. The number of carbonyl (C=O) groups excluding carboxylic acids is 2. The Morgan fingerprint density at radius 2 is 1.71 bits per heavy atom. The Bertz CT molecular complexity index is 1140.